The average molecular weight is 397 g/mol. The van der Waals surface area contributed by atoms with Crippen LogP contribution < -0.4 is 0 Å². The highest BCUT2D eigenvalue weighted by molar-refractivity contribution is 7.80. The maximum absolute atomic E-state index is 12.9. The lowest BCUT2D eigenvalue weighted by Gasteiger charge is -2.39. The highest BCUT2D eigenvalue weighted by atomic mass is 32.1. The second kappa shape index (κ2) is 7.88. The first kappa shape index (κ1) is 19.3. The molecule has 2 fully saturated rings. The second-order valence-corrected chi connectivity index (χ2v) is 7.41. The minimum atomic E-state index is -0.717. The summed E-state index contributed by atoms with van der Waals surface area (Å²) in [5.41, 5.74) is -0.717. The molecule has 0 radical (unpaired) electrons. The quantitative estimate of drug-likeness (QED) is 0.466. The molecule has 0 spiro atoms. The molecule has 2 saturated heterocycles. The maximum Gasteiger partial charge on any atom is 0.323 e. The van der Waals surface area contributed by atoms with Crippen LogP contribution in [0.5, 0.6) is 0 Å². The molecule has 2 aliphatic rings. The number of carbonyl (C=O) groups is 2. The summed E-state index contributed by atoms with van der Waals surface area (Å²) in [6.07, 6.45) is -0.332. The summed E-state index contributed by atoms with van der Waals surface area (Å²) in [5.74, 6) is 2.17. The number of urea groups is 2. The Morgan fingerprint density at radius 3 is 1.43 bits per heavy atom. The minimum absolute atomic E-state index is 0.0681. The lowest BCUT2D eigenvalue weighted by Crippen LogP contribution is -2.58. The minimum Gasteiger partial charge on any atom is -0.299 e. The van der Waals surface area contributed by atoms with Gasteiger partial charge in [0.25, 0.3) is 0 Å². The molecule has 0 aromatic heterocycles. The largest absolute Gasteiger partial charge is 0.323 e. The number of thiol groups is 4. The number of amides is 4. The SMILES string of the molecule is CC12C(N(CCS)C(=O)N1CCS)N(CCS)C(=O)N2CCS. The lowest BCUT2D eigenvalue weighted by molar-refractivity contribution is 0.0362. The molecule has 0 aliphatic carbocycles. The van der Waals surface area contributed by atoms with Crippen LogP contribution in [-0.2, 0) is 0 Å². The van der Waals surface area contributed by atoms with Gasteiger partial charge < -0.3 is 0 Å². The molecule has 0 aromatic carbocycles. The Kier molecular flexibility index (Phi) is 6.60. The van der Waals surface area contributed by atoms with Crippen molar-refractivity contribution < 1.29 is 9.59 Å². The van der Waals surface area contributed by atoms with E-state index in [-0.39, 0.29) is 18.2 Å². The van der Waals surface area contributed by atoms with Crippen molar-refractivity contribution in [1.29, 1.82) is 0 Å². The van der Waals surface area contributed by atoms with E-state index in [0.717, 1.165) is 0 Å². The van der Waals surface area contributed by atoms with Crippen LogP contribution in [0.2, 0.25) is 0 Å². The summed E-state index contributed by atoms with van der Waals surface area (Å²) in [7, 11) is 0. The zero-order chi connectivity index (χ0) is 17.2. The Balaban J connectivity index is 2.49. The van der Waals surface area contributed by atoms with Gasteiger partial charge in [0.05, 0.1) is 0 Å². The van der Waals surface area contributed by atoms with Crippen molar-refractivity contribution in [3.8, 4) is 0 Å². The van der Waals surface area contributed by atoms with Crippen LogP contribution >= 0.6 is 50.5 Å². The van der Waals surface area contributed by atoms with Crippen LogP contribution in [0.3, 0.4) is 0 Å². The van der Waals surface area contributed by atoms with E-state index in [0.29, 0.717) is 49.2 Å². The van der Waals surface area contributed by atoms with Gasteiger partial charge in [0, 0.05) is 49.2 Å². The van der Waals surface area contributed by atoms with E-state index < -0.39 is 5.66 Å². The maximum atomic E-state index is 12.9. The molecule has 2 aliphatic heterocycles. The fraction of sp³-hybridized carbons (Fsp3) is 0.846. The number of carbonyl (C=O) groups excluding carboxylic acids is 2. The number of hydrogen-bond donors (Lipinski definition) is 4. The summed E-state index contributed by atoms with van der Waals surface area (Å²) in [4.78, 5) is 32.8. The number of hydrogen-bond acceptors (Lipinski definition) is 6. The Morgan fingerprint density at radius 1 is 0.783 bits per heavy atom. The van der Waals surface area contributed by atoms with Crippen molar-refractivity contribution in [2.24, 2.45) is 0 Å². The van der Waals surface area contributed by atoms with E-state index in [2.05, 4.69) is 50.5 Å². The Hall–Kier alpha value is -0.0600. The van der Waals surface area contributed by atoms with Crippen LogP contribution in [-0.4, -0.2) is 92.7 Å². The molecule has 0 N–H and O–H groups in total. The molecule has 0 unspecified atom stereocenters. The summed E-state index contributed by atoms with van der Waals surface area (Å²) >= 11 is 17.1. The first-order valence-electron chi connectivity index (χ1n) is 7.58. The van der Waals surface area contributed by atoms with E-state index in [1.807, 2.05) is 6.92 Å². The van der Waals surface area contributed by atoms with Crippen molar-refractivity contribution in [2.45, 2.75) is 18.8 Å². The van der Waals surface area contributed by atoms with Gasteiger partial charge in [-0.1, -0.05) is 0 Å². The number of nitrogens with zero attached hydrogens (tertiary/aromatic N) is 4. The fourth-order valence-corrected chi connectivity index (χ4v) is 4.42. The summed E-state index contributed by atoms with van der Waals surface area (Å²) < 4.78 is 0. The van der Waals surface area contributed by atoms with Crippen LogP contribution in [0.1, 0.15) is 6.92 Å². The average Bonchev–Trinajstić information content (AvgIpc) is 2.85. The van der Waals surface area contributed by atoms with E-state index in [1.165, 1.54) is 0 Å². The third-order valence-corrected chi connectivity index (χ3v) is 5.25. The van der Waals surface area contributed by atoms with Gasteiger partial charge in [-0.3, -0.25) is 19.6 Å². The van der Waals surface area contributed by atoms with Gasteiger partial charge in [-0.05, 0) is 6.92 Å². The monoisotopic (exact) mass is 396 g/mol. The van der Waals surface area contributed by atoms with E-state index in [9.17, 15) is 9.59 Å². The Morgan fingerprint density at radius 2 is 1.13 bits per heavy atom. The van der Waals surface area contributed by atoms with E-state index in [1.54, 1.807) is 19.6 Å². The number of rotatable bonds is 8. The van der Waals surface area contributed by atoms with Gasteiger partial charge in [0.2, 0.25) is 0 Å². The molecular weight excluding hydrogens is 372 g/mol. The molecule has 2 rings (SSSR count). The first-order chi connectivity index (χ1) is 11.0. The van der Waals surface area contributed by atoms with Crippen molar-refractivity contribution in [3.63, 3.8) is 0 Å². The lowest BCUT2D eigenvalue weighted by atomic mass is 10.1. The molecule has 2 heterocycles. The van der Waals surface area contributed by atoms with Crippen LogP contribution in [0.15, 0.2) is 0 Å². The van der Waals surface area contributed by atoms with Gasteiger partial charge in [0.1, 0.15) is 0 Å². The van der Waals surface area contributed by atoms with Crippen molar-refractivity contribution in [3.05, 3.63) is 0 Å². The second-order valence-electron chi connectivity index (χ2n) is 5.62. The topological polar surface area (TPSA) is 47.1 Å². The van der Waals surface area contributed by atoms with Crippen molar-refractivity contribution >= 4 is 62.6 Å². The zero-order valence-corrected chi connectivity index (χ0v) is 16.7. The van der Waals surface area contributed by atoms with Gasteiger partial charge in [0.15, 0.2) is 11.8 Å². The Bertz CT molecular complexity index is 431. The van der Waals surface area contributed by atoms with Gasteiger partial charge in [-0.25, -0.2) is 9.59 Å². The number of fused-ring (bicyclic) bond motifs is 1. The third kappa shape index (κ3) is 3.00. The predicted octanol–water partition coefficient (Wildman–Crippen LogP) is 1.22. The van der Waals surface area contributed by atoms with Gasteiger partial charge >= 0.3 is 12.1 Å². The highest BCUT2D eigenvalue weighted by Gasteiger charge is 2.66. The normalized spacial score (nSPS) is 27.4. The molecule has 0 bridgehead atoms. The Labute approximate surface area is 159 Å². The predicted molar refractivity (Wildman–Crippen MR) is 105 cm³/mol. The molecule has 4 amide bonds. The summed E-state index contributed by atoms with van der Waals surface area (Å²) in [6, 6.07) is -0.136. The molecule has 10 heteroatoms. The standard InChI is InChI=1S/C13H24N4O2S4/c1-13-10(14(2-6-20)11(18)16(13)4-8-22)15(3-7-21)12(19)17(13)5-9-23/h10,20-23H,2-9H2,1H3. The molecule has 0 saturated carbocycles. The van der Waals surface area contributed by atoms with E-state index >= 15 is 0 Å². The van der Waals surface area contributed by atoms with Gasteiger partial charge in [-0.2, -0.15) is 50.5 Å². The zero-order valence-electron chi connectivity index (χ0n) is 13.1. The first-order valence-corrected chi connectivity index (χ1v) is 10.1. The summed E-state index contributed by atoms with van der Waals surface area (Å²) in [5, 5.41) is 0. The van der Waals surface area contributed by atoms with Crippen LogP contribution in [0.25, 0.3) is 0 Å². The molecule has 23 heavy (non-hydrogen) atoms. The smallest absolute Gasteiger partial charge is 0.299 e. The van der Waals surface area contributed by atoms with E-state index in [4.69, 9.17) is 0 Å². The molecule has 0 atom stereocenters. The molecule has 6 nitrogen and oxygen atoms in total. The van der Waals surface area contributed by atoms with Crippen LogP contribution in [0.4, 0.5) is 9.59 Å². The van der Waals surface area contributed by atoms with Gasteiger partial charge in [-0.15, -0.1) is 0 Å². The molecular formula is C13H24N4O2S4. The fourth-order valence-electron chi connectivity index (χ4n) is 3.59. The third-order valence-electron chi connectivity index (χ3n) is 4.45. The van der Waals surface area contributed by atoms with Crippen molar-refractivity contribution in [2.75, 3.05) is 49.2 Å². The molecule has 0 aromatic rings. The highest BCUT2D eigenvalue weighted by Crippen LogP contribution is 2.43. The van der Waals surface area contributed by atoms with Crippen molar-refractivity contribution in [1.82, 2.24) is 19.6 Å². The van der Waals surface area contributed by atoms with Crippen LogP contribution in [0, 0.1) is 0 Å². The molecule has 132 valence electrons. The summed E-state index contributed by atoms with van der Waals surface area (Å²) in [6.45, 7) is 3.93.